The lowest BCUT2D eigenvalue weighted by atomic mass is 10.1. The number of hydrogen-bond acceptors (Lipinski definition) is 3. The van der Waals surface area contributed by atoms with Crippen LogP contribution in [0.15, 0.2) is 36.5 Å². The average molecular weight is 204 g/mol. The highest BCUT2D eigenvalue weighted by molar-refractivity contribution is 5.65. The van der Waals surface area contributed by atoms with E-state index in [1.165, 1.54) is 18.3 Å². The first-order valence-electron chi connectivity index (χ1n) is 4.36. The van der Waals surface area contributed by atoms with Crippen LogP contribution in [0.2, 0.25) is 0 Å². The summed E-state index contributed by atoms with van der Waals surface area (Å²) >= 11 is 0. The van der Waals surface area contributed by atoms with Crippen molar-refractivity contribution in [2.45, 2.75) is 0 Å². The Morgan fingerprint density at radius 1 is 1.13 bits per heavy atom. The fourth-order valence-electron chi connectivity index (χ4n) is 1.32. The number of anilines is 1. The SMILES string of the molecule is Nc1ccc(-c2cc(O)cc(F)c2)cn1. The first kappa shape index (κ1) is 9.45. The number of phenolic OH excluding ortho intramolecular Hbond substituents is 1. The summed E-state index contributed by atoms with van der Waals surface area (Å²) in [4.78, 5) is 3.89. The first-order chi connectivity index (χ1) is 7.15. The summed E-state index contributed by atoms with van der Waals surface area (Å²) < 4.78 is 13.0. The van der Waals surface area contributed by atoms with E-state index in [1.807, 2.05) is 0 Å². The molecule has 0 fully saturated rings. The summed E-state index contributed by atoms with van der Waals surface area (Å²) in [7, 11) is 0. The van der Waals surface area contributed by atoms with Crippen LogP contribution in [0.4, 0.5) is 10.2 Å². The van der Waals surface area contributed by atoms with Crippen LogP contribution in [0.3, 0.4) is 0 Å². The van der Waals surface area contributed by atoms with Gasteiger partial charge in [0.05, 0.1) is 0 Å². The highest BCUT2D eigenvalue weighted by Gasteiger charge is 2.02. The fourth-order valence-corrected chi connectivity index (χ4v) is 1.32. The van der Waals surface area contributed by atoms with E-state index in [2.05, 4.69) is 4.98 Å². The van der Waals surface area contributed by atoms with Crippen molar-refractivity contribution in [1.29, 1.82) is 0 Å². The Morgan fingerprint density at radius 2 is 1.93 bits per heavy atom. The second-order valence-corrected chi connectivity index (χ2v) is 3.17. The van der Waals surface area contributed by atoms with Gasteiger partial charge in [0.15, 0.2) is 0 Å². The Hall–Kier alpha value is -2.10. The Balaban J connectivity index is 2.49. The largest absolute Gasteiger partial charge is 0.508 e. The zero-order valence-electron chi connectivity index (χ0n) is 7.81. The minimum Gasteiger partial charge on any atom is -0.508 e. The van der Waals surface area contributed by atoms with Crippen molar-refractivity contribution in [2.24, 2.45) is 0 Å². The van der Waals surface area contributed by atoms with Crippen LogP contribution in [0, 0.1) is 5.82 Å². The van der Waals surface area contributed by atoms with Crippen LogP contribution >= 0.6 is 0 Å². The van der Waals surface area contributed by atoms with E-state index < -0.39 is 5.82 Å². The molecule has 0 aliphatic heterocycles. The number of pyridine rings is 1. The van der Waals surface area contributed by atoms with Crippen molar-refractivity contribution in [1.82, 2.24) is 4.98 Å². The maximum atomic E-state index is 13.0. The molecular formula is C11H9FN2O. The molecule has 0 unspecified atom stereocenters. The minimum absolute atomic E-state index is 0.109. The molecule has 3 N–H and O–H groups in total. The van der Waals surface area contributed by atoms with Crippen molar-refractivity contribution in [3.05, 3.63) is 42.3 Å². The monoisotopic (exact) mass is 204 g/mol. The Labute approximate surface area is 86.0 Å². The number of nitrogens with zero attached hydrogens (tertiary/aromatic N) is 1. The molecule has 0 amide bonds. The molecule has 2 aromatic rings. The van der Waals surface area contributed by atoms with Gasteiger partial charge in [0.25, 0.3) is 0 Å². The van der Waals surface area contributed by atoms with E-state index >= 15 is 0 Å². The molecule has 2 rings (SSSR count). The highest BCUT2D eigenvalue weighted by Crippen LogP contribution is 2.24. The van der Waals surface area contributed by atoms with Crippen LogP contribution in [0.5, 0.6) is 5.75 Å². The number of rotatable bonds is 1. The molecule has 4 heteroatoms. The molecule has 0 aliphatic carbocycles. The molecule has 1 aromatic heterocycles. The quantitative estimate of drug-likeness (QED) is 0.748. The number of aromatic hydroxyl groups is 1. The molecule has 15 heavy (non-hydrogen) atoms. The zero-order chi connectivity index (χ0) is 10.8. The van der Waals surface area contributed by atoms with Crippen LogP contribution < -0.4 is 5.73 Å². The molecule has 0 spiro atoms. The van der Waals surface area contributed by atoms with Gasteiger partial charge in [-0.25, -0.2) is 9.37 Å². The van der Waals surface area contributed by atoms with Crippen molar-refractivity contribution >= 4 is 5.82 Å². The smallest absolute Gasteiger partial charge is 0.127 e. The fraction of sp³-hybridized carbons (Fsp3) is 0. The van der Waals surface area contributed by atoms with Gasteiger partial charge in [-0.05, 0) is 29.8 Å². The van der Waals surface area contributed by atoms with Crippen molar-refractivity contribution in [2.75, 3.05) is 5.73 Å². The molecule has 0 radical (unpaired) electrons. The number of benzene rings is 1. The van der Waals surface area contributed by atoms with Gasteiger partial charge >= 0.3 is 0 Å². The summed E-state index contributed by atoms with van der Waals surface area (Å²) in [6.45, 7) is 0. The van der Waals surface area contributed by atoms with Crippen LogP contribution in [0.25, 0.3) is 11.1 Å². The van der Waals surface area contributed by atoms with E-state index in [0.29, 0.717) is 16.9 Å². The van der Waals surface area contributed by atoms with Gasteiger partial charge in [-0.15, -0.1) is 0 Å². The molecule has 0 saturated heterocycles. The number of hydrogen-bond donors (Lipinski definition) is 2. The van der Waals surface area contributed by atoms with Gasteiger partial charge in [0, 0.05) is 17.8 Å². The lowest BCUT2D eigenvalue weighted by Crippen LogP contribution is -1.89. The predicted octanol–water partition coefficient (Wildman–Crippen LogP) is 2.18. The second kappa shape index (κ2) is 3.57. The van der Waals surface area contributed by atoms with Gasteiger partial charge in [-0.3, -0.25) is 0 Å². The lowest BCUT2D eigenvalue weighted by Gasteiger charge is -2.02. The molecular weight excluding hydrogens is 195 g/mol. The van der Waals surface area contributed by atoms with Gasteiger partial charge in [0.2, 0.25) is 0 Å². The number of halogens is 1. The average Bonchev–Trinajstić information content (AvgIpc) is 2.17. The normalized spacial score (nSPS) is 10.2. The van der Waals surface area contributed by atoms with Gasteiger partial charge in [-0.1, -0.05) is 0 Å². The predicted molar refractivity (Wildman–Crippen MR) is 55.7 cm³/mol. The first-order valence-corrected chi connectivity index (χ1v) is 4.36. The number of nitrogen functional groups attached to an aromatic ring is 1. The Bertz CT molecular complexity index is 462. The number of phenols is 1. The topological polar surface area (TPSA) is 59.1 Å². The Morgan fingerprint density at radius 3 is 2.53 bits per heavy atom. The Kier molecular flexibility index (Phi) is 2.25. The van der Waals surface area contributed by atoms with Crippen LogP contribution in [-0.4, -0.2) is 10.1 Å². The molecule has 0 atom stereocenters. The summed E-state index contributed by atoms with van der Waals surface area (Å²) in [6, 6.07) is 7.19. The summed E-state index contributed by atoms with van der Waals surface area (Å²) in [5.74, 6) is -0.192. The number of aromatic nitrogens is 1. The van der Waals surface area contributed by atoms with Crippen molar-refractivity contribution in [3.8, 4) is 16.9 Å². The number of nitrogens with two attached hydrogens (primary N) is 1. The zero-order valence-corrected chi connectivity index (χ0v) is 7.81. The second-order valence-electron chi connectivity index (χ2n) is 3.17. The molecule has 76 valence electrons. The lowest BCUT2D eigenvalue weighted by molar-refractivity contribution is 0.469. The minimum atomic E-state index is -0.484. The van der Waals surface area contributed by atoms with E-state index in [9.17, 15) is 9.50 Å². The van der Waals surface area contributed by atoms with Crippen LogP contribution in [-0.2, 0) is 0 Å². The third kappa shape index (κ3) is 2.04. The standard InChI is InChI=1S/C11H9FN2O/c12-9-3-8(4-10(15)5-9)7-1-2-11(13)14-6-7/h1-6,15H,(H2,13,14). The summed E-state index contributed by atoms with van der Waals surface area (Å²) in [5, 5.41) is 9.22. The van der Waals surface area contributed by atoms with E-state index in [-0.39, 0.29) is 5.75 Å². The van der Waals surface area contributed by atoms with Gasteiger partial charge in [-0.2, -0.15) is 0 Å². The van der Waals surface area contributed by atoms with Crippen molar-refractivity contribution in [3.63, 3.8) is 0 Å². The van der Waals surface area contributed by atoms with Gasteiger partial charge in [0.1, 0.15) is 17.4 Å². The van der Waals surface area contributed by atoms with E-state index in [4.69, 9.17) is 5.73 Å². The van der Waals surface area contributed by atoms with Gasteiger partial charge < -0.3 is 10.8 Å². The molecule has 0 bridgehead atoms. The molecule has 0 saturated carbocycles. The molecule has 1 heterocycles. The van der Waals surface area contributed by atoms with Crippen LogP contribution in [0.1, 0.15) is 0 Å². The van der Waals surface area contributed by atoms with E-state index in [0.717, 1.165) is 6.07 Å². The van der Waals surface area contributed by atoms with E-state index in [1.54, 1.807) is 12.1 Å². The van der Waals surface area contributed by atoms with Crippen molar-refractivity contribution < 1.29 is 9.50 Å². The summed E-state index contributed by atoms with van der Waals surface area (Å²) in [6.07, 6.45) is 1.53. The maximum Gasteiger partial charge on any atom is 0.127 e. The third-order valence-corrected chi connectivity index (χ3v) is 2.00. The highest BCUT2D eigenvalue weighted by atomic mass is 19.1. The molecule has 0 aliphatic rings. The third-order valence-electron chi connectivity index (χ3n) is 2.00. The summed E-state index contributed by atoms with van der Waals surface area (Å²) in [5.41, 5.74) is 6.71. The molecule has 3 nitrogen and oxygen atoms in total. The maximum absolute atomic E-state index is 13.0. The molecule has 1 aromatic carbocycles.